The van der Waals surface area contributed by atoms with E-state index in [4.69, 9.17) is 14.7 Å². The van der Waals surface area contributed by atoms with Crippen molar-refractivity contribution in [2.75, 3.05) is 27.2 Å². The summed E-state index contributed by atoms with van der Waals surface area (Å²) in [6.07, 6.45) is 1.90. The van der Waals surface area contributed by atoms with E-state index in [0.29, 0.717) is 0 Å². The molecule has 2 aromatic rings. The van der Waals surface area contributed by atoms with Gasteiger partial charge in [-0.2, -0.15) is 0 Å². The van der Waals surface area contributed by atoms with Crippen LogP contribution in [0.4, 0.5) is 0 Å². The second kappa shape index (κ2) is 10.7. The van der Waals surface area contributed by atoms with Crippen molar-refractivity contribution in [3.05, 3.63) is 31.7 Å². The summed E-state index contributed by atoms with van der Waals surface area (Å²) in [7, 11) is 3.75. The van der Waals surface area contributed by atoms with Gasteiger partial charge in [0.25, 0.3) is 0 Å². The van der Waals surface area contributed by atoms with Crippen molar-refractivity contribution in [1.29, 1.82) is 0 Å². The molecule has 0 aliphatic rings. The summed E-state index contributed by atoms with van der Waals surface area (Å²) in [5.74, 6) is 0.899. The lowest BCUT2D eigenvalue weighted by Crippen LogP contribution is -2.38. The van der Waals surface area contributed by atoms with Crippen molar-refractivity contribution in [3.8, 4) is 0 Å². The van der Waals surface area contributed by atoms with E-state index in [2.05, 4.69) is 41.4 Å². The number of aliphatic imine (C=N–C) groups is 1. The first-order chi connectivity index (χ1) is 13.0. The Morgan fingerprint density at radius 3 is 2.78 bits per heavy atom. The van der Waals surface area contributed by atoms with Gasteiger partial charge in [0, 0.05) is 43.9 Å². The molecule has 8 heteroatoms. The number of aryl methyl sites for hydroxylation is 2. The highest BCUT2D eigenvalue weighted by molar-refractivity contribution is 7.11. The summed E-state index contributed by atoms with van der Waals surface area (Å²) in [5, 5.41) is 7.64. The molecule has 1 atom stereocenters. The number of nitrogens with zero attached hydrogens (tertiary/aromatic N) is 4. The van der Waals surface area contributed by atoms with Crippen LogP contribution < -0.4 is 5.32 Å². The molecule has 0 saturated carbocycles. The van der Waals surface area contributed by atoms with E-state index in [1.165, 1.54) is 15.6 Å². The molecule has 1 unspecified atom stereocenters. The first kappa shape index (κ1) is 21.8. The number of aromatic nitrogens is 2. The molecule has 2 rings (SSSR count). The minimum atomic E-state index is 0.0331. The number of nitrogens with one attached hydrogen (secondary N) is 1. The van der Waals surface area contributed by atoms with E-state index in [9.17, 15) is 0 Å². The molecule has 2 heterocycles. The molecule has 0 aliphatic carbocycles. The summed E-state index contributed by atoms with van der Waals surface area (Å²) in [6, 6.07) is 0. The molecule has 0 saturated heterocycles. The van der Waals surface area contributed by atoms with Crippen LogP contribution >= 0.6 is 22.7 Å². The van der Waals surface area contributed by atoms with Gasteiger partial charge in [0.05, 0.1) is 22.9 Å². The van der Waals surface area contributed by atoms with Crippen LogP contribution in [0, 0.1) is 6.92 Å². The standard InChI is InChI=1S/C19H31N5OS2/c1-7-16-14(4)27-17(23-16)9-10-21-19(20-8-2)24(5)11-15-12-26-18(22-15)13(3)25-6/h12-13H,7-11H2,1-6H3,(H,20,21). The molecule has 0 bridgehead atoms. The Morgan fingerprint density at radius 1 is 1.37 bits per heavy atom. The van der Waals surface area contributed by atoms with Gasteiger partial charge in [0.1, 0.15) is 11.1 Å². The number of hydrogen-bond donors (Lipinski definition) is 1. The molecule has 1 N–H and O–H groups in total. The Hall–Kier alpha value is -1.51. The lowest BCUT2D eigenvalue weighted by molar-refractivity contribution is 0.119. The topological polar surface area (TPSA) is 62.6 Å². The predicted molar refractivity (Wildman–Crippen MR) is 115 cm³/mol. The van der Waals surface area contributed by atoms with E-state index in [0.717, 1.165) is 49.1 Å². The van der Waals surface area contributed by atoms with Crippen LogP contribution in [-0.2, 0) is 24.1 Å². The molecule has 0 radical (unpaired) electrons. The summed E-state index contributed by atoms with van der Waals surface area (Å²) in [4.78, 5) is 17.6. The Balaban J connectivity index is 1.97. The van der Waals surface area contributed by atoms with Crippen molar-refractivity contribution in [2.24, 2.45) is 4.99 Å². The highest BCUT2D eigenvalue weighted by Crippen LogP contribution is 2.21. The Kier molecular flexibility index (Phi) is 8.66. The largest absolute Gasteiger partial charge is 0.375 e. The molecular weight excluding hydrogens is 378 g/mol. The number of rotatable bonds is 9. The van der Waals surface area contributed by atoms with Crippen molar-refractivity contribution in [2.45, 2.75) is 53.2 Å². The minimum Gasteiger partial charge on any atom is -0.375 e. The van der Waals surface area contributed by atoms with Crippen LogP contribution in [0.5, 0.6) is 0 Å². The SMILES string of the molecule is CCNC(=NCCc1nc(CC)c(C)s1)N(C)Cc1csc(C(C)OC)n1. The van der Waals surface area contributed by atoms with Crippen molar-refractivity contribution in [3.63, 3.8) is 0 Å². The number of hydrogen-bond acceptors (Lipinski definition) is 6. The second-order valence-corrected chi connectivity index (χ2v) is 8.54. The molecule has 2 aromatic heterocycles. The zero-order valence-corrected chi connectivity index (χ0v) is 18.8. The summed E-state index contributed by atoms with van der Waals surface area (Å²) < 4.78 is 5.35. The first-order valence-corrected chi connectivity index (χ1v) is 11.1. The molecule has 0 aliphatic heterocycles. The highest BCUT2D eigenvalue weighted by Gasteiger charge is 2.13. The third-order valence-corrected chi connectivity index (χ3v) is 6.35. The van der Waals surface area contributed by atoms with E-state index in [1.807, 2.05) is 14.0 Å². The normalized spacial score (nSPS) is 13.0. The zero-order chi connectivity index (χ0) is 19.8. The van der Waals surface area contributed by atoms with Crippen LogP contribution in [0.2, 0.25) is 0 Å². The van der Waals surface area contributed by atoms with Gasteiger partial charge in [-0.3, -0.25) is 4.99 Å². The average Bonchev–Trinajstić information content (AvgIpc) is 3.26. The van der Waals surface area contributed by atoms with Gasteiger partial charge in [0.2, 0.25) is 0 Å². The number of thiazole rings is 2. The van der Waals surface area contributed by atoms with Crippen LogP contribution in [0.25, 0.3) is 0 Å². The number of guanidine groups is 1. The second-order valence-electron chi connectivity index (χ2n) is 6.36. The van der Waals surface area contributed by atoms with Gasteiger partial charge in [-0.25, -0.2) is 9.97 Å². The van der Waals surface area contributed by atoms with Crippen molar-refractivity contribution >= 4 is 28.6 Å². The zero-order valence-electron chi connectivity index (χ0n) is 17.2. The first-order valence-electron chi connectivity index (χ1n) is 9.40. The molecule has 0 aromatic carbocycles. The molecule has 0 fully saturated rings. The molecule has 150 valence electrons. The summed E-state index contributed by atoms with van der Waals surface area (Å²) in [6.45, 7) is 10.7. The van der Waals surface area contributed by atoms with Gasteiger partial charge >= 0.3 is 0 Å². The average molecular weight is 410 g/mol. The van der Waals surface area contributed by atoms with Gasteiger partial charge < -0.3 is 15.0 Å². The predicted octanol–water partition coefficient (Wildman–Crippen LogP) is 3.82. The minimum absolute atomic E-state index is 0.0331. The summed E-state index contributed by atoms with van der Waals surface area (Å²) in [5.41, 5.74) is 2.25. The maximum atomic E-state index is 5.35. The Morgan fingerprint density at radius 2 is 2.15 bits per heavy atom. The highest BCUT2D eigenvalue weighted by atomic mass is 32.1. The fourth-order valence-electron chi connectivity index (χ4n) is 2.65. The maximum Gasteiger partial charge on any atom is 0.194 e. The molecule has 6 nitrogen and oxygen atoms in total. The van der Waals surface area contributed by atoms with Crippen LogP contribution in [0.15, 0.2) is 10.4 Å². The van der Waals surface area contributed by atoms with Crippen LogP contribution in [0.3, 0.4) is 0 Å². The van der Waals surface area contributed by atoms with E-state index in [1.54, 1.807) is 29.8 Å². The summed E-state index contributed by atoms with van der Waals surface area (Å²) >= 11 is 3.43. The third-order valence-electron chi connectivity index (χ3n) is 4.23. The molecule has 27 heavy (non-hydrogen) atoms. The quantitative estimate of drug-likeness (QED) is 0.504. The van der Waals surface area contributed by atoms with Crippen LogP contribution in [-0.4, -0.2) is 48.1 Å². The lowest BCUT2D eigenvalue weighted by Gasteiger charge is -2.21. The van der Waals surface area contributed by atoms with E-state index >= 15 is 0 Å². The van der Waals surface area contributed by atoms with Gasteiger partial charge in [-0.1, -0.05) is 6.92 Å². The number of methoxy groups -OCH3 is 1. The smallest absolute Gasteiger partial charge is 0.194 e. The monoisotopic (exact) mass is 409 g/mol. The van der Waals surface area contributed by atoms with E-state index < -0.39 is 0 Å². The Labute approximate surface area is 170 Å². The van der Waals surface area contributed by atoms with E-state index in [-0.39, 0.29) is 6.10 Å². The lowest BCUT2D eigenvalue weighted by atomic mass is 10.3. The fourth-order valence-corrected chi connectivity index (χ4v) is 4.50. The maximum absolute atomic E-state index is 5.35. The van der Waals surface area contributed by atoms with Crippen molar-refractivity contribution in [1.82, 2.24) is 20.2 Å². The molecular formula is C19H31N5OS2. The van der Waals surface area contributed by atoms with Gasteiger partial charge in [0.15, 0.2) is 5.96 Å². The Bertz CT molecular complexity index is 740. The molecule has 0 amide bonds. The van der Waals surface area contributed by atoms with Gasteiger partial charge in [-0.15, -0.1) is 22.7 Å². The fraction of sp³-hybridized carbons (Fsp3) is 0.632. The molecule has 0 spiro atoms. The van der Waals surface area contributed by atoms with Crippen molar-refractivity contribution < 1.29 is 4.74 Å². The van der Waals surface area contributed by atoms with Gasteiger partial charge in [-0.05, 0) is 27.2 Å². The number of ether oxygens (including phenoxy) is 1. The van der Waals surface area contributed by atoms with Crippen LogP contribution in [0.1, 0.15) is 53.2 Å². The third kappa shape index (κ3) is 6.26.